The Kier molecular flexibility index (Phi) is 4.84. The van der Waals surface area contributed by atoms with Gasteiger partial charge in [0.25, 0.3) is 11.5 Å². The zero-order chi connectivity index (χ0) is 18.7. The van der Waals surface area contributed by atoms with Gasteiger partial charge in [-0.3, -0.25) is 9.59 Å². The summed E-state index contributed by atoms with van der Waals surface area (Å²) in [6.45, 7) is 6.28. The monoisotopic (exact) mass is 350 g/mol. The fraction of sp³-hybridized carbons (Fsp3) is 0.300. The third kappa shape index (κ3) is 3.79. The largest absolute Gasteiger partial charge is 0.348 e. The molecule has 0 fully saturated rings. The summed E-state index contributed by atoms with van der Waals surface area (Å²) >= 11 is 0. The number of rotatable bonds is 5. The molecule has 0 aliphatic carbocycles. The van der Waals surface area contributed by atoms with Crippen molar-refractivity contribution >= 4 is 16.8 Å². The van der Waals surface area contributed by atoms with Crippen LogP contribution in [0.5, 0.6) is 0 Å². The van der Waals surface area contributed by atoms with Crippen LogP contribution in [0.4, 0.5) is 0 Å². The topological polar surface area (TPSA) is 87.7 Å². The fourth-order valence-electron chi connectivity index (χ4n) is 3.22. The molecule has 0 saturated heterocycles. The van der Waals surface area contributed by atoms with Crippen molar-refractivity contribution in [3.63, 3.8) is 0 Å². The van der Waals surface area contributed by atoms with Crippen LogP contribution >= 0.6 is 0 Å². The fourth-order valence-corrected chi connectivity index (χ4v) is 3.22. The van der Waals surface area contributed by atoms with E-state index >= 15 is 0 Å². The van der Waals surface area contributed by atoms with Crippen molar-refractivity contribution in [2.45, 2.75) is 38.6 Å². The third-order valence-electron chi connectivity index (χ3n) is 4.51. The Morgan fingerprint density at radius 2 is 1.96 bits per heavy atom. The van der Waals surface area contributed by atoms with Gasteiger partial charge in [-0.1, -0.05) is 44.2 Å². The first-order valence-corrected chi connectivity index (χ1v) is 8.57. The minimum atomic E-state index is -0.300. The van der Waals surface area contributed by atoms with E-state index in [0.717, 1.165) is 6.42 Å². The van der Waals surface area contributed by atoms with Crippen LogP contribution in [0.3, 0.4) is 0 Å². The standard InChI is InChI=1S/C20H22N4O2/c1-13(10-20(2,3)14-7-5-4-6-8-14)24-19(26)16-9-15-17(11-21-16)22-12-23-18(15)25/h4-9,11-13H,10H2,1-3H3,(H,24,26)(H,22,23,25). The van der Waals surface area contributed by atoms with Crippen LogP contribution in [0.25, 0.3) is 10.9 Å². The number of nitrogens with one attached hydrogen (secondary N) is 2. The number of carbonyl (C=O) groups is 1. The van der Waals surface area contributed by atoms with E-state index in [-0.39, 0.29) is 28.6 Å². The number of pyridine rings is 1. The number of amides is 1. The molecular formula is C20H22N4O2. The lowest BCUT2D eigenvalue weighted by molar-refractivity contribution is 0.0929. The van der Waals surface area contributed by atoms with Crippen LogP contribution in [-0.2, 0) is 5.41 Å². The normalized spacial score (nSPS) is 12.7. The van der Waals surface area contributed by atoms with E-state index in [1.54, 1.807) is 0 Å². The number of benzene rings is 1. The number of H-pyrrole nitrogens is 1. The van der Waals surface area contributed by atoms with Crippen LogP contribution in [-0.4, -0.2) is 26.9 Å². The number of aromatic amines is 1. The van der Waals surface area contributed by atoms with E-state index in [2.05, 4.69) is 46.2 Å². The average Bonchev–Trinajstić information content (AvgIpc) is 2.62. The number of fused-ring (bicyclic) bond motifs is 1. The van der Waals surface area contributed by atoms with Crippen LogP contribution < -0.4 is 10.9 Å². The molecule has 6 nitrogen and oxygen atoms in total. The molecule has 0 saturated carbocycles. The molecule has 0 bridgehead atoms. The van der Waals surface area contributed by atoms with E-state index in [0.29, 0.717) is 10.9 Å². The SMILES string of the molecule is CC(CC(C)(C)c1ccccc1)NC(=O)c1cc2c(=O)[nH]cnc2cn1. The highest BCUT2D eigenvalue weighted by atomic mass is 16.2. The van der Waals surface area contributed by atoms with Crippen molar-refractivity contribution in [2.24, 2.45) is 0 Å². The molecular weight excluding hydrogens is 328 g/mol. The van der Waals surface area contributed by atoms with Crippen molar-refractivity contribution in [1.82, 2.24) is 20.3 Å². The molecule has 1 aromatic carbocycles. The molecule has 2 aromatic heterocycles. The first kappa shape index (κ1) is 17.8. The third-order valence-corrected chi connectivity index (χ3v) is 4.51. The summed E-state index contributed by atoms with van der Waals surface area (Å²) in [6.07, 6.45) is 3.54. The highest BCUT2D eigenvalue weighted by Crippen LogP contribution is 2.28. The summed E-state index contributed by atoms with van der Waals surface area (Å²) in [5.74, 6) is -0.300. The molecule has 0 aliphatic rings. The molecule has 3 aromatic rings. The number of carbonyl (C=O) groups excluding carboxylic acids is 1. The lowest BCUT2D eigenvalue weighted by Crippen LogP contribution is -2.37. The highest BCUT2D eigenvalue weighted by molar-refractivity contribution is 5.95. The summed E-state index contributed by atoms with van der Waals surface area (Å²) in [5.41, 5.74) is 1.53. The zero-order valence-corrected chi connectivity index (χ0v) is 15.1. The molecule has 0 radical (unpaired) electrons. The first-order valence-electron chi connectivity index (χ1n) is 8.57. The van der Waals surface area contributed by atoms with Gasteiger partial charge in [0.2, 0.25) is 0 Å². The molecule has 2 N–H and O–H groups in total. The van der Waals surface area contributed by atoms with Gasteiger partial charge in [0.15, 0.2) is 0 Å². The van der Waals surface area contributed by atoms with E-state index < -0.39 is 0 Å². The second kappa shape index (κ2) is 7.07. The maximum Gasteiger partial charge on any atom is 0.270 e. The lowest BCUT2D eigenvalue weighted by Gasteiger charge is -2.29. The van der Waals surface area contributed by atoms with Gasteiger partial charge < -0.3 is 10.3 Å². The number of nitrogens with zero attached hydrogens (tertiary/aromatic N) is 2. The van der Waals surface area contributed by atoms with Crippen molar-refractivity contribution < 1.29 is 4.79 Å². The molecule has 1 unspecified atom stereocenters. The second-order valence-electron chi connectivity index (χ2n) is 7.15. The maximum absolute atomic E-state index is 12.5. The van der Waals surface area contributed by atoms with Gasteiger partial charge in [0, 0.05) is 6.04 Å². The minimum Gasteiger partial charge on any atom is -0.348 e. The number of aromatic nitrogens is 3. The van der Waals surface area contributed by atoms with Gasteiger partial charge in [-0.05, 0) is 30.4 Å². The lowest BCUT2D eigenvalue weighted by atomic mass is 9.79. The van der Waals surface area contributed by atoms with E-state index in [4.69, 9.17) is 0 Å². The Hall–Kier alpha value is -3.02. The molecule has 1 amide bonds. The molecule has 134 valence electrons. The van der Waals surface area contributed by atoms with Crippen molar-refractivity contribution in [1.29, 1.82) is 0 Å². The summed E-state index contributed by atoms with van der Waals surface area (Å²) < 4.78 is 0. The zero-order valence-electron chi connectivity index (χ0n) is 15.1. The van der Waals surface area contributed by atoms with Gasteiger partial charge in [-0.2, -0.15) is 0 Å². The average molecular weight is 350 g/mol. The quantitative estimate of drug-likeness (QED) is 0.741. The van der Waals surface area contributed by atoms with Crippen LogP contribution in [0.1, 0.15) is 43.2 Å². The van der Waals surface area contributed by atoms with Gasteiger partial charge in [-0.25, -0.2) is 9.97 Å². The summed E-state index contributed by atoms with van der Waals surface area (Å²) in [7, 11) is 0. The first-order chi connectivity index (χ1) is 12.4. The van der Waals surface area contributed by atoms with Crippen molar-refractivity contribution in [3.05, 3.63) is 70.5 Å². The molecule has 1 atom stereocenters. The minimum absolute atomic E-state index is 0.0533. The van der Waals surface area contributed by atoms with E-state index in [1.165, 1.54) is 24.2 Å². The van der Waals surface area contributed by atoms with Crippen molar-refractivity contribution in [3.8, 4) is 0 Å². The molecule has 0 aliphatic heterocycles. The van der Waals surface area contributed by atoms with E-state index in [9.17, 15) is 9.59 Å². The van der Waals surface area contributed by atoms with Gasteiger partial charge in [0.05, 0.1) is 23.4 Å². The van der Waals surface area contributed by atoms with Gasteiger partial charge in [0.1, 0.15) is 5.69 Å². The second-order valence-corrected chi connectivity index (χ2v) is 7.15. The smallest absolute Gasteiger partial charge is 0.270 e. The number of hydrogen-bond donors (Lipinski definition) is 2. The Balaban J connectivity index is 1.73. The Morgan fingerprint density at radius 3 is 2.69 bits per heavy atom. The molecule has 26 heavy (non-hydrogen) atoms. The van der Waals surface area contributed by atoms with E-state index in [1.807, 2.05) is 25.1 Å². The predicted molar refractivity (Wildman–Crippen MR) is 101 cm³/mol. The maximum atomic E-state index is 12.5. The Bertz CT molecular complexity index is 980. The highest BCUT2D eigenvalue weighted by Gasteiger charge is 2.24. The van der Waals surface area contributed by atoms with Crippen LogP contribution in [0, 0.1) is 0 Å². The molecule has 6 heteroatoms. The summed E-state index contributed by atoms with van der Waals surface area (Å²) in [6, 6.07) is 11.6. The molecule has 2 heterocycles. The predicted octanol–water partition coefficient (Wildman–Crippen LogP) is 2.80. The molecule has 0 spiro atoms. The van der Waals surface area contributed by atoms with Gasteiger partial charge >= 0.3 is 0 Å². The Labute approximate surface area is 151 Å². The van der Waals surface area contributed by atoms with Gasteiger partial charge in [-0.15, -0.1) is 0 Å². The van der Waals surface area contributed by atoms with Crippen LogP contribution in [0.2, 0.25) is 0 Å². The Morgan fingerprint density at radius 1 is 1.23 bits per heavy atom. The van der Waals surface area contributed by atoms with Crippen LogP contribution in [0.15, 0.2) is 53.7 Å². The number of hydrogen-bond acceptors (Lipinski definition) is 4. The van der Waals surface area contributed by atoms with Crippen molar-refractivity contribution in [2.75, 3.05) is 0 Å². The summed E-state index contributed by atoms with van der Waals surface area (Å²) in [5, 5.41) is 3.32. The summed E-state index contributed by atoms with van der Waals surface area (Å²) in [4.78, 5) is 35.1. The molecule has 3 rings (SSSR count).